The third kappa shape index (κ3) is 3.90. The highest BCUT2D eigenvalue weighted by Crippen LogP contribution is 2.36. The first-order valence-corrected chi connectivity index (χ1v) is 10.5. The van der Waals surface area contributed by atoms with Gasteiger partial charge in [-0.3, -0.25) is 4.40 Å². The maximum atomic E-state index is 15.1. The summed E-state index contributed by atoms with van der Waals surface area (Å²) < 4.78 is 92.5. The van der Waals surface area contributed by atoms with E-state index < -0.39 is 42.3 Å². The molecule has 0 radical (unpaired) electrons. The van der Waals surface area contributed by atoms with E-state index in [1.165, 1.54) is 12.0 Å². The van der Waals surface area contributed by atoms with Crippen LogP contribution in [0.5, 0.6) is 5.88 Å². The smallest absolute Gasteiger partial charge is 0.280 e. The Hall–Kier alpha value is -3.55. The van der Waals surface area contributed by atoms with Crippen LogP contribution in [-0.4, -0.2) is 68.1 Å². The fourth-order valence-electron chi connectivity index (χ4n) is 4.30. The molecule has 14 heteroatoms. The van der Waals surface area contributed by atoms with Gasteiger partial charge < -0.3 is 15.0 Å². The van der Waals surface area contributed by atoms with Crippen LogP contribution in [0.25, 0.3) is 22.3 Å². The van der Waals surface area contributed by atoms with E-state index in [0.29, 0.717) is 6.54 Å². The van der Waals surface area contributed by atoms with Crippen LogP contribution in [0.4, 0.5) is 32.3 Å². The van der Waals surface area contributed by atoms with Crippen molar-refractivity contribution in [2.24, 2.45) is 0 Å². The van der Waals surface area contributed by atoms with Gasteiger partial charge in [-0.05, 0) is 19.5 Å². The van der Waals surface area contributed by atoms with Crippen molar-refractivity contribution in [3.05, 3.63) is 42.0 Å². The number of nitrogens with one attached hydrogen (secondary N) is 1. The number of hydrogen-bond donors (Lipinski definition) is 1. The number of piperidine rings is 1. The molecule has 4 aromatic rings. The molecule has 8 nitrogen and oxygen atoms in total. The molecule has 0 saturated carbocycles. The lowest BCUT2D eigenvalue weighted by atomic mass is 10.0. The normalized spacial score (nSPS) is 18.6. The minimum atomic E-state index is -3.06. The van der Waals surface area contributed by atoms with Crippen molar-refractivity contribution in [1.29, 1.82) is 0 Å². The van der Waals surface area contributed by atoms with E-state index in [0.717, 1.165) is 33.6 Å². The molecule has 5 heterocycles. The summed E-state index contributed by atoms with van der Waals surface area (Å²) in [6.45, 7) is -0.0208. The molecular formula is C21H19F6N7O. The average molecular weight is 499 g/mol. The van der Waals surface area contributed by atoms with Crippen molar-refractivity contribution < 1.29 is 31.1 Å². The Kier molecular flexibility index (Phi) is 5.49. The molecule has 35 heavy (non-hydrogen) atoms. The van der Waals surface area contributed by atoms with Crippen LogP contribution in [-0.2, 0) is 0 Å². The third-order valence-electron chi connectivity index (χ3n) is 5.94. The highest BCUT2D eigenvalue weighted by atomic mass is 19.3. The molecule has 1 N–H and O–H groups in total. The molecule has 0 unspecified atom stereocenters. The monoisotopic (exact) mass is 499 g/mol. The van der Waals surface area contributed by atoms with Crippen LogP contribution in [0.3, 0.4) is 0 Å². The highest BCUT2D eigenvalue weighted by molar-refractivity contribution is 5.85. The largest absolute Gasteiger partial charge is 0.479 e. The second-order valence-electron chi connectivity index (χ2n) is 8.33. The maximum Gasteiger partial charge on any atom is 0.280 e. The molecular weight excluding hydrogens is 480 g/mol. The second kappa shape index (κ2) is 8.29. The van der Waals surface area contributed by atoms with Crippen LogP contribution < -0.4 is 10.1 Å². The summed E-state index contributed by atoms with van der Waals surface area (Å²) in [6, 6.07) is -0.313. The molecule has 186 valence electrons. The van der Waals surface area contributed by atoms with Gasteiger partial charge in [0.1, 0.15) is 11.2 Å². The number of fused-ring (bicyclic) bond motifs is 2. The van der Waals surface area contributed by atoms with E-state index in [2.05, 4.69) is 20.4 Å². The predicted octanol–water partition coefficient (Wildman–Crippen LogP) is 4.02. The number of likely N-dealkylation sites (tertiary alicyclic amines) is 1. The van der Waals surface area contributed by atoms with E-state index in [1.54, 1.807) is 7.05 Å². The Morgan fingerprint density at radius 2 is 1.97 bits per heavy atom. The van der Waals surface area contributed by atoms with E-state index in [4.69, 9.17) is 4.74 Å². The number of alkyl halides is 4. The minimum absolute atomic E-state index is 0.0388. The summed E-state index contributed by atoms with van der Waals surface area (Å²) in [7, 11) is 2.83. The van der Waals surface area contributed by atoms with Crippen molar-refractivity contribution in [2.75, 3.05) is 32.6 Å². The topological polar surface area (TPSA) is 72.0 Å². The first kappa shape index (κ1) is 23.2. The molecule has 0 aliphatic carbocycles. The van der Waals surface area contributed by atoms with Gasteiger partial charge in [-0.15, -0.1) is 5.10 Å². The summed E-state index contributed by atoms with van der Waals surface area (Å²) >= 11 is 0. The number of imidazole rings is 1. The molecule has 1 atom stereocenters. The molecule has 1 saturated heterocycles. The Morgan fingerprint density at radius 1 is 1.20 bits per heavy atom. The van der Waals surface area contributed by atoms with Crippen LogP contribution in [0.1, 0.15) is 18.5 Å². The number of pyridine rings is 1. The molecule has 0 bridgehead atoms. The molecule has 0 amide bonds. The van der Waals surface area contributed by atoms with Crippen LogP contribution in [0.2, 0.25) is 0 Å². The quantitative estimate of drug-likeness (QED) is 0.419. The van der Waals surface area contributed by atoms with E-state index in [1.807, 2.05) is 0 Å². The average Bonchev–Trinajstić information content (AvgIpc) is 3.35. The number of halogens is 6. The Balaban J connectivity index is 1.61. The number of rotatable bonds is 5. The summed E-state index contributed by atoms with van der Waals surface area (Å²) in [5.41, 5.74) is -1.27. The lowest BCUT2D eigenvalue weighted by Gasteiger charge is -2.36. The van der Waals surface area contributed by atoms with Gasteiger partial charge in [0.2, 0.25) is 11.8 Å². The predicted molar refractivity (Wildman–Crippen MR) is 113 cm³/mol. The fraction of sp³-hybridized carbons (Fsp3) is 0.381. The molecule has 1 fully saturated rings. The first-order valence-electron chi connectivity index (χ1n) is 10.5. The van der Waals surface area contributed by atoms with Crippen LogP contribution in [0, 0.1) is 11.6 Å². The van der Waals surface area contributed by atoms with Gasteiger partial charge in [-0.2, -0.15) is 4.98 Å². The van der Waals surface area contributed by atoms with Crippen molar-refractivity contribution in [3.63, 3.8) is 0 Å². The molecule has 0 aromatic carbocycles. The number of methoxy groups -OCH3 is 1. The minimum Gasteiger partial charge on any atom is -0.479 e. The zero-order valence-electron chi connectivity index (χ0n) is 18.4. The molecule has 4 aromatic heterocycles. The number of nitrogens with zero attached hydrogens (tertiary/aromatic N) is 6. The van der Waals surface area contributed by atoms with Crippen molar-refractivity contribution in [3.8, 4) is 17.0 Å². The summed E-state index contributed by atoms with van der Waals surface area (Å²) in [5.74, 6) is -5.29. The maximum absolute atomic E-state index is 15.1. The first-order chi connectivity index (χ1) is 16.6. The number of aromatic nitrogens is 5. The zero-order chi connectivity index (χ0) is 25.1. The summed E-state index contributed by atoms with van der Waals surface area (Å²) in [5, 5.41) is 6.68. The Bertz CT molecular complexity index is 1420. The van der Waals surface area contributed by atoms with E-state index in [9.17, 15) is 22.0 Å². The Morgan fingerprint density at radius 3 is 2.66 bits per heavy atom. The van der Waals surface area contributed by atoms with Gasteiger partial charge in [-0.1, -0.05) is 0 Å². The second-order valence-corrected chi connectivity index (χ2v) is 8.33. The lowest BCUT2D eigenvalue weighted by molar-refractivity contribution is -0.0675. The number of ether oxygens (including phenoxy) is 1. The SMILES string of the molecule is COc1nc(N[C@@H]2CCN(C)CC2(F)F)nn2cc(F)c(-c3cc(F)c4ncc(C(F)F)n4c3)c12. The number of hydrogen-bond acceptors (Lipinski definition) is 6. The van der Waals surface area contributed by atoms with Crippen molar-refractivity contribution in [2.45, 2.75) is 24.8 Å². The lowest BCUT2D eigenvalue weighted by Crippen LogP contribution is -2.53. The van der Waals surface area contributed by atoms with Gasteiger partial charge in [0.25, 0.3) is 12.3 Å². The highest BCUT2D eigenvalue weighted by Gasteiger charge is 2.44. The summed E-state index contributed by atoms with van der Waals surface area (Å²) in [4.78, 5) is 9.26. The van der Waals surface area contributed by atoms with Gasteiger partial charge in [0, 0.05) is 18.3 Å². The van der Waals surface area contributed by atoms with E-state index >= 15 is 4.39 Å². The van der Waals surface area contributed by atoms with Crippen LogP contribution >= 0.6 is 0 Å². The van der Waals surface area contributed by atoms with Gasteiger partial charge >= 0.3 is 0 Å². The fourth-order valence-corrected chi connectivity index (χ4v) is 4.30. The third-order valence-corrected chi connectivity index (χ3v) is 5.94. The number of anilines is 1. The molecule has 1 aliphatic heterocycles. The van der Waals surface area contributed by atoms with Crippen molar-refractivity contribution in [1.82, 2.24) is 28.9 Å². The molecule has 1 aliphatic rings. The molecule has 0 spiro atoms. The van der Waals surface area contributed by atoms with Crippen molar-refractivity contribution >= 4 is 17.1 Å². The van der Waals surface area contributed by atoms with Gasteiger partial charge in [0.05, 0.1) is 37.7 Å². The molecule has 5 rings (SSSR count). The summed E-state index contributed by atoms with van der Waals surface area (Å²) in [6.07, 6.45) is 0.0725. The zero-order valence-corrected chi connectivity index (χ0v) is 18.4. The van der Waals surface area contributed by atoms with Gasteiger partial charge in [-0.25, -0.2) is 35.8 Å². The van der Waals surface area contributed by atoms with E-state index in [-0.39, 0.29) is 40.5 Å². The standard InChI is InChI=1S/C21H19F6N7O/c1-32-4-3-14(21(26,27)9-32)29-20-30-19(35-2)16-15(12(23)8-34(16)31-20)10-5-11(22)18-28-6-13(17(24)25)33(18)7-10/h5-8,14,17H,3-4,9H2,1-2H3,(H,29,31)/t14-/m1/s1. The Labute approximate surface area is 194 Å². The van der Waals surface area contributed by atoms with Gasteiger partial charge in [0.15, 0.2) is 17.3 Å². The van der Waals surface area contributed by atoms with Crippen LogP contribution in [0.15, 0.2) is 24.7 Å².